The lowest BCUT2D eigenvalue weighted by Gasteiger charge is -2.09. The molecule has 0 nitrogen and oxygen atoms in total. The average molecular weight is 273 g/mol. The molecule has 0 bridgehead atoms. The first-order chi connectivity index (χ1) is 9.14. The van der Waals surface area contributed by atoms with E-state index in [0.29, 0.717) is 0 Å². The molecule has 0 aromatic carbocycles. The van der Waals surface area contributed by atoms with Crippen LogP contribution in [0.3, 0.4) is 0 Å². The Bertz CT molecular complexity index is 98.6. The van der Waals surface area contributed by atoms with Crippen LogP contribution < -0.4 is 0 Å². The van der Waals surface area contributed by atoms with Gasteiger partial charge in [0, 0.05) is 0 Å². The fraction of sp³-hybridized carbons (Fsp3) is 1.00. The summed E-state index contributed by atoms with van der Waals surface area (Å²) in [5.41, 5.74) is 0. The molecule has 0 saturated carbocycles. The standard InChI is InChI=1S/C11H24.2C4H10/c1-4-6-8-10-11(3)9-7-5-2;2*1-3-4-2/h11H,4-10H2,1-3H3;2*3-4H2,1-2H3. The monoisotopic (exact) mass is 272 g/mol. The van der Waals surface area contributed by atoms with Crippen molar-refractivity contribution in [2.24, 2.45) is 5.92 Å². The molecule has 1 unspecified atom stereocenters. The molecule has 0 aromatic rings. The highest BCUT2D eigenvalue weighted by Gasteiger charge is 1.99. The summed E-state index contributed by atoms with van der Waals surface area (Å²) < 4.78 is 0. The molecular formula is C19H44. The van der Waals surface area contributed by atoms with Gasteiger partial charge in [-0.25, -0.2) is 0 Å². The summed E-state index contributed by atoms with van der Waals surface area (Å²) >= 11 is 0. The molecule has 0 amide bonds. The van der Waals surface area contributed by atoms with Gasteiger partial charge in [0.25, 0.3) is 0 Å². The molecule has 0 N–H and O–H groups in total. The lowest BCUT2D eigenvalue weighted by Crippen LogP contribution is -1.93. The molecule has 0 aliphatic heterocycles. The van der Waals surface area contributed by atoms with Gasteiger partial charge in [-0.15, -0.1) is 0 Å². The number of hydrogen-bond donors (Lipinski definition) is 0. The summed E-state index contributed by atoms with van der Waals surface area (Å²) in [7, 11) is 0. The number of unbranched alkanes of at least 4 members (excludes halogenated alkanes) is 5. The van der Waals surface area contributed by atoms with E-state index in [0.717, 1.165) is 5.92 Å². The van der Waals surface area contributed by atoms with Gasteiger partial charge in [-0.3, -0.25) is 0 Å². The second-order valence-corrected chi connectivity index (χ2v) is 5.74. The van der Waals surface area contributed by atoms with Crippen LogP contribution in [0.15, 0.2) is 0 Å². The predicted molar refractivity (Wildman–Crippen MR) is 94.0 cm³/mol. The lowest BCUT2D eigenvalue weighted by molar-refractivity contribution is 0.448. The molecule has 0 heteroatoms. The van der Waals surface area contributed by atoms with Crippen molar-refractivity contribution < 1.29 is 0 Å². The van der Waals surface area contributed by atoms with E-state index in [1.54, 1.807) is 0 Å². The van der Waals surface area contributed by atoms with E-state index in [4.69, 9.17) is 0 Å². The zero-order valence-electron chi connectivity index (χ0n) is 15.4. The normalized spacial score (nSPS) is 10.9. The first kappa shape index (κ1) is 24.0. The fourth-order valence-electron chi connectivity index (χ4n) is 1.44. The van der Waals surface area contributed by atoms with E-state index >= 15 is 0 Å². The van der Waals surface area contributed by atoms with Gasteiger partial charge in [-0.1, -0.05) is 119 Å². The molecule has 1 atom stereocenters. The van der Waals surface area contributed by atoms with Gasteiger partial charge in [-0.05, 0) is 5.92 Å². The van der Waals surface area contributed by atoms with Gasteiger partial charge >= 0.3 is 0 Å². The number of rotatable bonds is 9. The summed E-state index contributed by atoms with van der Waals surface area (Å²) in [6.45, 7) is 15.7. The maximum absolute atomic E-state index is 2.39. The minimum Gasteiger partial charge on any atom is -0.0654 e. The topological polar surface area (TPSA) is 0 Å². The molecule has 0 aliphatic rings. The van der Waals surface area contributed by atoms with Crippen LogP contribution in [0.1, 0.15) is 119 Å². The van der Waals surface area contributed by atoms with E-state index in [1.807, 2.05) is 0 Å². The van der Waals surface area contributed by atoms with Gasteiger partial charge in [0.15, 0.2) is 0 Å². The highest BCUT2D eigenvalue weighted by Crippen LogP contribution is 2.15. The third-order valence-corrected chi connectivity index (χ3v) is 3.35. The molecule has 120 valence electrons. The molecule has 0 spiro atoms. The minimum atomic E-state index is 0.974. The molecule has 0 rings (SSSR count). The molecule has 0 saturated heterocycles. The second kappa shape index (κ2) is 26.5. The van der Waals surface area contributed by atoms with Crippen LogP contribution in [-0.2, 0) is 0 Å². The van der Waals surface area contributed by atoms with E-state index in [-0.39, 0.29) is 0 Å². The Hall–Kier alpha value is 0. The summed E-state index contributed by atoms with van der Waals surface area (Å²) in [5, 5.41) is 0. The molecule has 0 aromatic heterocycles. The molecular weight excluding hydrogens is 228 g/mol. The zero-order chi connectivity index (χ0) is 15.4. The van der Waals surface area contributed by atoms with Crippen LogP contribution in [-0.4, -0.2) is 0 Å². The minimum absolute atomic E-state index is 0.974. The van der Waals surface area contributed by atoms with Crippen molar-refractivity contribution in [3.05, 3.63) is 0 Å². The Morgan fingerprint density at radius 1 is 0.474 bits per heavy atom. The predicted octanol–water partition coefficient (Wildman–Crippen LogP) is 8.01. The van der Waals surface area contributed by atoms with Crippen molar-refractivity contribution in [3.63, 3.8) is 0 Å². The highest BCUT2D eigenvalue weighted by molar-refractivity contribution is 4.53. The highest BCUT2D eigenvalue weighted by atomic mass is 14.1. The van der Waals surface area contributed by atoms with Gasteiger partial charge in [0.2, 0.25) is 0 Å². The van der Waals surface area contributed by atoms with Crippen LogP contribution in [0.2, 0.25) is 0 Å². The van der Waals surface area contributed by atoms with Gasteiger partial charge in [0.1, 0.15) is 0 Å². The van der Waals surface area contributed by atoms with Crippen LogP contribution in [0.5, 0.6) is 0 Å². The van der Waals surface area contributed by atoms with Crippen molar-refractivity contribution in [1.82, 2.24) is 0 Å². The first-order valence-electron chi connectivity index (χ1n) is 9.14. The van der Waals surface area contributed by atoms with Crippen molar-refractivity contribution in [1.29, 1.82) is 0 Å². The molecule has 0 fully saturated rings. The van der Waals surface area contributed by atoms with Crippen LogP contribution in [0, 0.1) is 5.92 Å². The van der Waals surface area contributed by atoms with Crippen LogP contribution in [0.25, 0.3) is 0 Å². The van der Waals surface area contributed by atoms with E-state index in [9.17, 15) is 0 Å². The third kappa shape index (κ3) is 38.1. The van der Waals surface area contributed by atoms with Crippen molar-refractivity contribution in [3.8, 4) is 0 Å². The van der Waals surface area contributed by atoms with Crippen LogP contribution >= 0.6 is 0 Å². The van der Waals surface area contributed by atoms with Crippen molar-refractivity contribution in [2.75, 3.05) is 0 Å². The van der Waals surface area contributed by atoms with Crippen molar-refractivity contribution >= 4 is 0 Å². The van der Waals surface area contributed by atoms with E-state index in [1.165, 1.54) is 70.6 Å². The molecule has 0 heterocycles. The summed E-state index contributed by atoms with van der Waals surface area (Å²) in [6, 6.07) is 0. The summed E-state index contributed by atoms with van der Waals surface area (Å²) in [5.74, 6) is 0.974. The van der Waals surface area contributed by atoms with Crippen LogP contribution in [0.4, 0.5) is 0 Å². The van der Waals surface area contributed by atoms with E-state index < -0.39 is 0 Å². The molecule has 0 aliphatic carbocycles. The fourth-order valence-corrected chi connectivity index (χ4v) is 1.44. The van der Waals surface area contributed by atoms with Gasteiger partial charge in [-0.2, -0.15) is 0 Å². The molecule has 19 heavy (non-hydrogen) atoms. The van der Waals surface area contributed by atoms with Gasteiger partial charge in [0.05, 0.1) is 0 Å². The van der Waals surface area contributed by atoms with E-state index in [2.05, 4.69) is 48.5 Å². The molecule has 0 radical (unpaired) electrons. The quantitative estimate of drug-likeness (QED) is 0.373. The summed E-state index contributed by atoms with van der Waals surface area (Å²) in [4.78, 5) is 0. The Kier molecular flexibility index (Phi) is 33.6. The average Bonchev–Trinajstić information content (AvgIpc) is 2.46. The maximum atomic E-state index is 2.39. The lowest BCUT2D eigenvalue weighted by atomic mass is 9.98. The second-order valence-electron chi connectivity index (χ2n) is 5.74. The smallest absolute Gasteiger partial charge is 0.0443 e. The maximum Gasteiger partial charge on any atom is -0.0443 e. The third-order valence-electron chi connectivity index (χ3n) is 3.35. The number of hydrogen-bond acceptors (Lipinski definition) is 0. The Balaban J connectivity index is -0.000000264. The zero-order valence-corrected chi connectivity index (χ0v) is 15.4. The van der Waals surface area contributed by atoms with Crippen molar-refractivity contribution in [2.45, 2.75) is 119 Å². The Morgan fingerprint density at radius 3 is 1.16 bits per heavy atom. The Labute approximate surface area is 125 Å². The van der Waals surface area contributed by atoms with Gasteiger partial charge < -0.3 is 0 Å². The SMILES string of the molecule is CCCC.CCCC.CCCCCC(C)CCCC. The largest absolute Gasteiger partial charge is 0.0654 e. The Morgan fingerprint density at radius 2 is 0.842 bits per heavy atom. The summed E-state index contributed by atoms with van der Waals surface area (Å²) in [6.07, 6.45) is 15.2. The first-order valence-corrected chi connectivity index (χ1v) is 9.14.